The quantitative estimate of drug-likeness (QED) is 0.717. The van der Waals surface area contributed by atoms with Crippen molar-refractivity contribution in [1.82, 2.24) is 14.5 Å². The fraction of sp³-hybridized carbons (Fsp3) is 0.737. The summed E-state index contributed by atoms with van der Waals surface area (Å²) in [6.07, 6.45) is 2.73. The van der Waals surface area contributed by atoms with Gasteiger partial charge in [-0.2, -0.15) is 4.31 Å². The lowest BCUT2D eigenvalue weighted by Crippen LogP contribution is -2.48. The monoisotopic (exact) mass is 429 g/mol. The minimum atomic E-state index is -3.62. The Morgan fingerprint density at radius 2 is 2.04 bits per heavy atom. The van der Waals surface area contributed by atoms with E-state index in [-0.39, 0.29) is 21.8 Å². The molecule has 3 rings (SSSR count). The first-order chi connectivity index (χ1) is 13.4. The SMILES string of the molecule is CC(C)CN1CCOC(CNC(=O)c2sccc2S(=O)(=O)N2CCCCC2)C1. The molecule has 2 fully saturated rings. The molecule has 0 saturated carbocycles. The third kappa shape index (κ3) is 5.33. The van der Waals surface area contributed by atoms with Crippen molar-refractivity contribution in [1.29, 1.82) is 0 Å². The number of carbonyl (C=O) groups is 1. The smallest absolute Gasteiger partial charge is 0.262 e. The number of rotatable bonds is 7. The van der Waals surface area contributed by atoms with E-state index in [1.165, 1.54) is 15.6 Å². The molecular formula is C19H31N3O4S2. The molecule has 0 aromatic carbocycles. The zero-order chi connectivity index (χ0) is 20.1. The van der Waals surface area contributed by atoms with Gasteiger partial charge in [0, 0.05) is 39.3 Å². The highest BCUT2D eigenvalue weighted by atomic mass is 32.2. The molecule has 0 aliphatic carbocycles. The van der Waals surface area contributed by atoms with Crippen LogP contribution in [0.3, 0.4) is 0 Å². The van der Waals surface area contributed by atoms with E-state index in [0.717, 1.165) is 38.9 Å². The molecule has 3 heterocycles. The fourth-order valence-electron chi connectivity index (χ4n) is 3.78. The maximum atomic E-state index is 12.9. The highest BCUT2D eigenvalue weighted by Gasteiger charge is 2.31. The van der Waals surface area contributed by atoms with Gasteiger partial charge >= 0.3 is 0 Å². The first-order valence-electron chi connectivity index (χ1n) is 10.1. The summed E-state index contributed by atoms with van der Waals surface area (Å²) in [5, 5.41) is 4.55. The molecule has 0 radical (unpaired) electrons. The van der Waals surface area contributed by atoms with Gasteiger partial charge in [0.05, 0.1) is 12.7 Å². The Bertz CT molecular complexity index is 757. The first kappa shape index (κ1) is 21.7. The van der Waals surface area contributed by atoms with Crippen LogP contribution in [0.5, 0.6) is 0 Å². The average molecular weight is 430 g/mol. The van der Waals surface area contributed by atoms with Gasteiger partial charge in [-0.3, -0.25) is 9.69 Å². The number of thiophene rings is 1. The van der Waals surface area contributed by atoms with Gasteiger partial charge in [-0.1, -0.05) is 20.3 Å². The van der Waals surface area contributed by atoms with Crippen molar-refractivity contribution in [3.8, 4) is 0 Å². The minimum Gasteiger partial charge on any atom is -0.374 e. The van der Waals surface area contributed by atoms with Crippen LogP contribution >= 0.6 is 11.3 Å². The lowest BCUT2D eigenvalue weighted by molar-refractivity contribution is -0.0295. The van der Waals surface area contributed by atoms with Crippen LogP contribution < -0.4 is 5.32 Å². The van der Waals surface area contributed by atoms with Crippen LogP contribution in [-0.4, -0.2) is 75.5 Å². The van der Waals surface area contributed by atoms with Crippen molar-refractivity contribution in [2.45, 2.75) is 44.1 Å². The van der Waals surface area contributed by atoms with Crippen LogP contribution in [0.1, 0.15) is 42.8 Å². The van der Waals surface area contributed by atoms with Gasteiger partial charge in [-0.25, -0.2) is 8.42 Å². The van der Waals surface area contributed by atoms with Gasteiger partial charge in [-0.15, -0.1) is 11.3 Å². The van der Waals surface area contributed by atoms with Crippen molar-refractivity contribution in [2.24, 2.45) is 5.92 Å². The van der Waals surface area contributed by atoms with Gasteiger partial charge in [0.1, 0.15) is 9.77 Å². The lowest BCUT2D eigenvalue weighted by atomic mass is 10.2. The van der Waals surface area contributed by atoms with Gasteiger partial charge in [0.15, 0.2) is 0 Å². The summed E-state index contributed by atoms with van der Waals surface area (Å²) in [4.78, 5) is 15.4. The maximum Gasteiger partial charge on any atom is 0.262 e. The molecule has 2 aliphatic rings. The van der Waals surface area contributed by atoms with E-state index in [9.17, 15) is 13.2 Å². The van der Waals surface area contributed by atoms with Crippen LogP contribution in [0.2, 0.25) is 0 Å². The highest BCUT2D eigenvalue weighted by molar-refractivity contribution is 7.89. The Hall–Kier alpha value is -1.00. The number of nitrogens with zero attached hydrogens (tertiary/aromatic N) is 2. The Morgan fingerprint density at radius 3 is 2.75 bits per heavy atom. The molecule has 1 N–H and O–H groups in total. The van der Waals surface area contributed by atoms with Crippen LogP contribution in [0.4, 0.5) is 0 Å². The summed E-state index contributed by atoms with van der Waals surface area (Å²) < 4.78 is 33.2. The van der Waals surface area contributed by atoms with E-state index in [4.69, 9.17) is 4.74 Å². The van der Waals surface area contributed by atoms with Crippen LogP contribution in [-0.2, 0) is 14.8 Å². The summed E-state index contributed by atoms with van der Waals surface area (Å²) in [5.74, 6) is 0.247. The standard InChI is InChI=1S/C19H31N3O4S2/c1-15(2)13-21-9-10-26-16(14-21)12-20-19(23)18-17(6-11-27-18)28(24,25)22-7-4-3-5-8-22/h6,11,15-16H,3-5,7-10,12-14H2,1-2H3,(H,20,23). The average Bonchev–Trinajstić information content (AvgIpc) is 3.17. The zero-order valence-electron chi connectivity index (χ0n) is 16.7. The van der Waals surface area contributed by atoms with Crippen LogP contribution in [0, 0.1) is 5.92 Å². The van der Waals surface area contributed by atoms with E-state index in [1.54, 1.807) is 11.4 Å². The van der Waals surface area contributed by atoms with Gasteiger partial charge in [0.2, 0.25) is 10.0 Å². The number of sulfonamides is 1. The predicted molar refractivity (Wildman–Crippen MR) is 110 cm³/mol. The maximum absolute atomic E-state index is 12.9. The molecule has 2 aliphatic heterocycles. The molecule has 9 heteroatoms. The van der Waals surface area contributed by atoms with E-state index < -0.39 is 10.0 Å². The summed E-state index contributed by atoms with van der Waals surface area (Å²) in [5.41, 5.74) is 0. The van der Waals surface area contributed by atoms with Gasteiger partial charge in [0.25, 0.3) is 5.91 Å². The van der Waals surface area contributed by atoms with Gasteiger partial charge in [-0.05, 0) is 30.2 Å². The topological polar surface area (TPSA) is 79.0 Å². The van der Waals surface area contributed by atoms with E-state index in [2.05, 4.69) is 24.1 Å². The third-order valence-electron chi connectivity index (χ3n) is 5.10. The molecule has 2 saturated heterocycles. The van der Waals surface area contributed by atoms with Crippen molar-refractivity contribution in [3.05, 3.63) is 16.3 Å². The molecule has 158 valence electrons. The number of amides is 1. The molecule has 1 unspecified atom stereocenters. The first-order valence-corrected chi connectivity index (χ1v) is 12.4. The number of carbonyl (C=O) groups excluding carboxylic acids is 1. The fourth-order valence-corrected chi connectivity index (χ4v) is 6.62. The Kier molecular flexibility index (Phi) is 7.49. The van der Waals surface area contributed by atoms with Crippen molar-refractivity contribution in [3.63, 3.8) is 0 Å². The number of hydrogen-bond donors (Lipinski definition) is 1. The molecule has 0 spiro atoms. The molecular weight excluding hydrogens is 398 g/mol. The summed E-state index contributed by atoms with van der Waals surface area (Å²) in [6, 6.07) is 1.55. The molecule has 0 bridgehead atoms. The van der Waals surface area contributed by atoms with Crippen molar-refractivity contribution < 1.29 is 17.9 Å². The Labute approximate surface area is 172 Å². The van der Waals surface area contributed by atoms with Crippen LogP contribution in [0.25, 0.3) is 0 Å². The summed E-state index contributed by atoms with van der Waals surface area (Å²) in [6.45, 7) is 9.17. The zero-order valence-corrected chi connectivity index (χ0v) is 18.4. The van der Waals surface area contributed by atoms with Gasteiger partial charge < -0.3 is 10.1 Å². The number of piperidine rings is 1. The highest BCUT2D eigenvalue weighted by Crippen LogP contribution is 2.27. The summed E-state index contributed by atoms with van der Waals surface area (Å²) in [7, 11) is -3.62. The van der Waals surface area contributed by atoms with E-state index in [0.29, 0.717) is 32.2 Å². The molecule has 1 amide bonds. The number of nitrogens with one attached hydrogen (secondary N) is 1. The van der Waals surface area contributed by atoms with E-state index in [1.807, 2.05) is 0 Å². The summed E-state index contributed by atoms with van der Waals surface area (Å²) >= 11 is 1.17. The molecule has 1 aromatic rings. The third-order valence-corrected chi connectivity index (χ3v) is 8.09. The van der Waals surface area contributed by atoms with Crippen LogP contribution in [0.15, 0.2) is 16.3 Å². The normalized spacial score (nSPS) is 22.5. The second kappa shape index (κ2) is 9.67. The molecule has 1 aromatic heterocycles. The number of hydrogen-bond acceptors (Lipinski definition) is 6. The van der Waals surface area contributed by atoms with Crippen molar-refractivity contribution in [2.75, 3.05) is 45.9 Å². The van der Waals surface area contributed by atoms with E-state index >= 15 is 0 Å². The second-order valence-electron chi connectivity index (χ2n) is 7.93. The number of morpholine rings is 1. The van der Waals surface area contributed by atoms with Crippen molar-refractivity contribution >= 4 is 27.3 Å². The predicted octanol–water partition coefficient (Wildman–Crippen LogP) is 2.01. The second-order valence-corrected chi connectivity index (χ2v) is 10.8. The molecule has 7 nitrogen and oxygen atoms in total. The number of ether oxygens (including phenoxy) is 1. The Morgan fingerprint density at radius 1 is 1.29 bits per heavy atom. The lowest BCUT2D eigenvalue weighted by Gasteiger charge is -2.33. The Balaban J connectivity index is 1.60. The minimum absolute atomic E-state index is 0.0708. The molecule has 28 heavy (non-hydrogen) atoms. The largest absolute Gasteiger partial charge is 0.374 e. The molecule has 1 atom stereocenters.